The molecule has 1 N–H and O–H groups in total. The first-order chi connectivity index (χ1) is 7.81. The van der Waals surface area contributed by atoms with Gasteiger partial charge in [-0.3, -0.25) is 0 Å². The third-order valence-corrected chi connectivity index (χ3v) is 4.04. The molecule has 0 spiro atoms. The van der Waals surface area contributed by atoms with Crippen LogP contribution in [-0.2, 0) is 0 Å². The van der Waals surface area contributed by atoms with E-state index in [4.69, 9.17) is 0 Å². The molecule has 84 valence electrons. The van der Waals surface area contributed by atoms with Gasteiger partial charge in [0.2, 0.25) is 0 Å². The van der Waals surface area contributed by atoms with E-state index in [1.807, 2.05) is 13.1 Å². The highest BCUT2D eigenvalue weighted by atomic mass is 32.2. The van der Waals surface area contributed by atoms with E-state index < -0.39 is 0 Å². The second kappa shape index (κ2) is 5.38. The summed E-state index contributed by atoms with van der Waals surface area (Å²) in [6.07, 6.45) is 1.80. The second-order valence-electron chi connectivity index (χ2n) is 3.21. The fourth-order valence-electron chi connectivity index (χ4n) is 1.26. The van der Waals surface area contributed by atoms with Crippen LogP contribution in [0.15, 0.2) is 33.2 Å². The fraction of sp³-hybridized carbons (Fsp3) is 0.300. The van der Waals surface area contributed by atoms with Gasteiger partial charge >= 0.3 is 0 Å². The van der Waals surface area contributed by atoms with Crippen molar-refractivity contribution < 1.29 is 0 Å². The maximum absolute atomic E-state index is 4.38. The minimum absolute atomic E-state index is 0.282. The third-order valence-electron chi connectivity index (χ3n) is 2.22. The van der Waals surface area contributed by atoms with Crippen molar-refractivity contribution in [3.63, 3.8) is 0 Å². The monoisotopic (exact) mass is 252 g/mol. The Labute approximate surface area is 103 Å². The molecule has 0 radical (unpaired) electrons. The van der Waals surface area contributed by atoms with Crippen molar-refractivity contribution >= 4 is 23.1 Å². The van der Waals surface area contributed by atoms with Crippen molar-refractivity contribution in [2.75, 3.05) is 7.05 Å². The molecule has 4 nitrogen and oxygen atoms in total. The van der Waals surface area contributed by atoms with Gasteiger partial charge < -0.3 is 5.32 Å². The Bertz CT molecular complexity index is 444. The van der Waals surface area contributed by atoms with E-state index in [0.717, 1.165) is 9.37 Å². The van der Waals surface area contributed by atoms with Gasteiger partial charge in [0.15, 0.2) is 4.34 Å². The Hall–Kier alpha value is -0.980. The number of hydrogen-bond donors (Lipinski definition) is 1. The Morgan fingerprint density at radius 2 is 2.38 bits per heavy atom. The summed E-state index contributed by atoms with van der Waals surface area (Å²) in [5.41, 5.74) is 2.91. The van der Waals surface area contributed by atoms with Gasteiger partial charge in [0.05, 0.1) is 0 Å². The molecule has 2 aromatic heterocycles. The fourth-order valence-corrected chi connectivity index (χ4v) is 2.83. The number of nitrogens with zero attached hydrogens (tertiary/aromatic N) is 3. The summed E-state index contributed by atoms with van der Waals surface area (Å²) in [7, 11) is 1.94. The van der Waals surface area contributed by atoms with Crippen LogP contribution >= 0.6 is 23.1 Å². The molecule has 6 heteroatoms. The molecule has 1 atom stereocenters. The van der Waals surface area contributed by atoms with Gasteiger partial charge in [0.1, 0.15) is 10.5 Å². The summed E-state index contributed by atoms with van der Waals surface area (Å²) in [5, 5.41) is 12.0. The number of nitrogens with one attached hydrogen (secondary N) is 1. The molecule has 0 fully saturated rings. The lowest BCUT2D eigenvalue weighted by atomic mass is 10.1. The zero-order valence-corrected chi connectivity index (χ0v) is 10.7. The van der Waals surface area contributed by atoms with Crippen LogP contribution in [0.5, 0.6) is 0 Å². The second-order valence-corrected chi connectivity index (χ2v) is 5.28. The molecule has 0 aliphatic carbocycles. The molecular formula is C10H12N4S2. The molecule has 0 aliphatic heterocycles. The van der Waals surface area contributed by atoms with E-state index in [1.165, 1.54) is 16.9 Å². The highest BCUT2D eigenvalue weighted by Crippen LogP contribution is 2.31. The summed E-state index contributed by atoms with van der Waals surface area (Å²) >= 11 is 3.08. The highest BCUT2D eigenvalue weighted by Gasteiger charge is 2.11. The van der Waals surface area contributed by atoms with Crippen LogP contribution in [0, 0.1) is 0 Å². The minimum atomic E-state index is 0.282. The summed E-state index contributed by atoms with van der Waals surface area (Å²) in [4.78, 5) is 4.38. The highest BCUT2D eigenvalue weighted by molar-refractivity contribution is 8.01. The quantitative estimate of drug-likeness (QED) is 0.905. The van der Waals surface area contributed by atoms with E-state index in [-0.39, 0.29) is 6.04 Å². The Kier molecular flexibility index (Phi) is 3.87. The van der Waals surface area contributed by atoms with Gasteiger partial charge in [-0.1, -0.05) is 17.4 Å². The molecule has 0 amide bonds. The van der Waals surface area contributed by atoms with E-state index in [2.05, 4.69) is 33.5 Å². The number of hydrogen-bond acceptors (Lipinski definition) is 6. The molecular weight excluding hydrogens is 240 g/mol. The predicted octanol–water partition coefficient (Wildman–Crippen LogP) is 2.36. The van der Waals surface area contributed by atoms with E-state index in [9.17, 15) is 0 Å². The maximum Gasteiger partial charge on any atom is 0.180 e. The van der Waals surface area contributed by atoms with E-state index in [0.29, 0.717) is 0 Å². The normalized spacial score (nSPS) is 12.6. The predicted molar refractivity (Wildman–Crippen MR) is 65.7 cm³/mol. The lowest BCUT2D eigenvalue weighted by Gasteiger charge is -2.13. The molecule has 0 aromatic carbocycles. The van der Waals surface area contributed by atoms with Crippen LogP contribution in [0.3, 0.4) is 0 Å². The SMILES string of the molecule is CNC(C)c1cccnc1Sc1nncs1. The summed E-state index contributed by atoms with van der Waals surface area (Å²) in [6, 6.07) is 4.31. The number of pyridine rings is 1. The van der Waals surface area contributed by atoms with Crippen molar-refractivity contribution in [2.24, 2.45) is 0 Å². The Balaban J connectivity index is 2.26. The lowest BCUT2D eigenvalue weighted by Crippen LogP contribution is -2.13. The maximum atomic E-state index is 4.38. The molecule has 0 aliphatic rings. The summed E-state index contributed by atoms with van der Waals surface area (Å²) in [5.74, 6) is 0. The molecule has 2 rings (SSSR count). The molecule has 0 saturated carbocycles. The number of rotatable bonds is 4. The van der Waals surface area contributed by atoms with Crippen LogP contribution in [0.25, 0.3) is 0 Å². The largest absolute Gasteiger partial charge is 0.313 e. The topological polar surface area (TPSA) is 50.7 Å². The van der Waals surface area contributed by atoms with Crippen molar-refractivity contribution in [1.29, 1.82) is 0 Å². The van der Waals surface area contributed by atoms with Gasteiger partial charge in [-0.2, -0.15) is 0 Å². The zero-order valence-electron chi connectivity index (χ0n) is 9.04. The van der Waals surface area contributed by atoms with Gasteiger partial charge in [-0.05, 0) is 31.8 Å². The lowest BCUT2D eigenvalue weighted by molar-refractivity contribution is 0.634. The van der Waals surface area contributed by atoms with Crippen LogP contribution < -0.4 is 5.32 Å². The minimum Gasteiger partial charge on any atom is -0.313 e. The van der Waals surface area contributed by atoms with Gasteiger partial charge in [0, 0.05) is 17.8 Å². The van der Waals surface area contributed by atoms with Crippen LogP contribution in [0.1, 0.15) is 18.5 Å². The Morgan fingerprint density at radius 3 is 3.06 bits per heavy atom. The average Bonchev–Trinajstić information content (AvgIpc) is 2.82. The molecule has 0 bridgehead atoms. The zero-order chi connectivity index (χ0) is 11.4. The first-order valence-electron chi connectivity index (χ1n) is 4.87. The standard InChI is InChI=1S/C10H12N4S2/c1-7(11-2)8-4-3-5-12-9(8)16-10-14-13-6-15-10/h3-7,11H,1-2H3. The van der Waals surface area contributed by atoms with Gasteiger partial charge in [-0.25, -0.2) is 4.98 Å². The van der Waals surface area contributed by atoms with Crippen LogP contribution in [0.4, 0.5) is 0 Å². The average molecular weight is 252 g/mol. The summed E-state index contributed by atoms with van der Waals surface area (Å²) in [6.45, 7) is 2.11. The smallest absolute Gasteiger partial charge is 0.180 e. The number of aromatic nitrogens is 3. The van der Waals surface area contributed by atoms with Crippen molar-refractivity contribution in [3.8, 4) is 0 Å². The Morgan fingerprint density at radius 1 is 1.50 bits per heavy atom. The third kappa shape index (κ3) is 2.58. The molecule has 1 unspecified atom stereocenters. The summed E-state index contributed by atoms with van der Waals surface area (Å²) < 4.78 is 0.920. The molecule has 16 heavy (non-hydrogen) atoms. The molecule has 2 heterocycles. The molecule has 2 aromatic rings. The van der Waals surface area contributed by atoms with E-state index in [1.54, 1.807) is 23.5 Å². The van der Waals surface area contributed by atoms with Crippen LogP contribution in [-0.4, -0.2) is 22.2 Å². The van der Waals surface area contributed by atoms with Crippen LogP contribution in [0.2, 0.25) is 0 Å². The van der Waals surface area contributed by atoms with Gasteiger partial charge in [-0.15, -0.1) is 10.2 Å². The van der Waals surface area contributed by atoms with Crippen molar-refractivity contribution in [2.45, 2.75) is 22.3 Å². The van der Waals surface area contributed by atoms with Gasteiger partial charge in [0.25, 0.3) is 0 Å². The van der Waals surface area contributed by atoms with Crippen molar-refractivity contribution in [1.82, 2.24) is 20.5 Å². The first-order valence-corrected chi connectivity index (χ1v) is 6.57. The first kappa shape index (κ1) is 11.5. The molecule has 0 saturated heterocycles. The van der Waals surface area contributed by atoms with E-state index >= 15 is 0 Å². The van der Waals surface area contributed by atoms with Crippen molar-refractivity contribution in [3.05, 3.63) is 29.4 Å².